The Bertz CT molecular complexity index is 223. The van der Waals surface area contributed by atoms with Crippen molar-refractivity contribution in [3.63, 3.8) is 0 Å². The lowest BCUT2D eigenvalue weighted by Gasteiger charge is -2.28. The van der Waals surface area contributed by atoms with E-state index >= 15 is 0 Å². The average Bonchev–Trinajstić information content (AvgIpc) is 2.29. The Kier molecular flexibility index (Phi) is 6.52. The second-order valence-electron chi connectivity index (χ2n) is 5.11. The lowest BCUT2D eigenvalue weighted by molar-refractivity contribution is -0.123. The molecule has 4 nitrogen and oxygen atoms in total. The first-order valence-electron chi connectivity index (χ1n) is 6.70. The molecule has 0 saturated heterocycles. The van der Waals surface area contributed by atoms with Crippen LogP contribution >= 0.6 is 0 Å². The van der Waals surface area contributed by atoms with E-state index in [9.17, 15) is 4.79 Å². The Balaban J connectivity index is 2.05. The molecule has 0 aromatic rings. The van der Waals surface area contributed by atoms with Gasteiger partial charge in [-0.3, -0.25) is 4.79 Å². The van der Waals surface area contributed by atoms with Crippen LogP contribution in [0.4, 0.5) is 0 Å². The van der Waals surface area contributed by atoms with Crippen LogP contribution in [0.1, 0.15) is 46.0 Å². The fraction of sp³-hybridized carbons (Fsp3) is 0.923. The summed E-state index contributed by atoms with van der Waals surface area (Å²) in [6, 6.07) is 0.868. The van der Waals surface area contributed by atoms with Crippen molar-refractivity contribution in [1.82, 2.24) is 10.6 Å². The van der Waals surface area contributed by atoms with E-state index in [1.165, 1.54) is 12.8 Å². The zero-order chi connectivity index (χ0) is 12.7. The maximum Gasteiger partial charge on any atom is 0.222 e. The quantitative estimate of drug-likeness (QED) is 0.741. The first-order chi connectivity index (χ1) is 8.11. The van der Waals surface area contributed by atoms with Gasteiger partial charge in [-0.05, 0) is 46.6 Å². The number of hydrogen-bond donors (Lipinski definition) is 2. The molecule has 2 N–H and O–H groups in total. The van der Waals surface area contributed by atoms with Crippen LogP contribution in [0.3, 0.4) is 0 Å². The van der Waals surface area contributed by atoms with E-state index in [0.717, 1.165) is 12.8 Å². The van der Waals surface area contributed by atoms with Crippen LogP contribution < -0.4 is 10.6 Å². The van der Waals surface area contributed by atoms with E-state index < -0.39 is 0 Å². The van der Waals surface area contributed by atoms with Gasteiger partial charge in [-0.15, -0.1) is 0 Å². The molecule has 100 valence electrons. The third kappa shape index (κ3) is 6.03. The number of rotatable bonds is 6. The normalized spacial score (nSPS) is 24.9. The molecule has 0 aromatic heterocycles. The number of hydrogen-bond acceptors (Lipinski definition) is 3. The molecule has 1 fully saturated rings. The molecule has 0 unspecified atom stereocenters. The van der Waals surface area contributed by atoms with Gasteiger partial charge in [0.15, 0.2) is 0 Å². The van der Waals surface area contributed by atoms with Crippen molar-refractivity contribution >= 4 is 5.91 Å². The molecule has 0 radical (unpaired) electrons. The Morgan fingerprint density at radius 1 is 1.29 bits per heavy atom. The van der Waals surface area contributed by atoms with Crippen molar-refractivity contribution in [1.29, 1.82) is 0 Å². The zero-order valence-corrected chi connectivity index (χ0v) is 11.3. The van der Waals surface area contributed by atoms with E-state index in [4.69, 9.17) is 4.74 Å². The molecule has 1 aliphatic carbocycles. The Hall–Kier alpha value is -0.610. The third-order valence-electron chi connectivity index (χ3n) is 3.21. The van der Waals surface area contributed by atoms with E-state index in [2.05, 4.69) is 10.6 Å². The Labute approximate surface area is 104 Å². The van der Waals surface area contributed by atoms with E-state index in [0.29, 0.717) is 25.2 Å². The minimum absolute atomic E-state index is 0.0870. The molecule has 0 heterocycles. The fourth-order valence-corrected chi connectivity index (χ4v) is 2.23. The van der Waals surface area contributed by atoms with Crippen molar-refractivity contribution in [2.24, 2.45) is 0 Å². The summed E-state index contributed by atoms with van der Waals surface area (Å²) in [6.45, 7) is 4.49. The van der Waals surface area contributed by atoms with Crippen LogP contribution in [-0.4, -0.2) is 37.7 Å². The van der Waals surface area contributed by atoms with Gasteiger partial charge in [0.2, 0.25) is 5.91 Å². The largest absolute Gasteiger partial charge is 0.378 e. The van der Waals surface area contributed by atoms with Gasteiger partial charge in [0.25, 0.3) is 0 Å². The second-order valence-corrected chi connectivity index (χ2v) is 5.11. The molecule has 4 heteroatoms. The monoisotopic (exact) mass is 242 g/mol. The van der Waals surface area contributed by atoms with Crippen molar-refractivity contribution in [2.75, 3.05) is 13.7 Å². The Morgan fingerprint density at radius 3 is 2.47 bits per heavy atom. The van der Waals surface area contributed by atoms with Gasteiger partial charge in [0.05, 0.1) is 12.7 Å². The highest BCUT2D eigenvalue weighted by atomic mass is 16.5. The first-order valence-corrected chi connectivity index (χ1v) is 6.70. The predicted octanol–water partition coefficient (Wildman–Crippen LogP) is 1.45. The number of ether oxygens (including phenoxy) is 1. The minimum Gasteiger partial charge on any atom is -0.378 e. The zero-order valence-electron chi connectivity index (χ0n) is 11.3. The van der Waals surface area contributed by atoms with Gasteiger partial charge in [0, 0.05) is 18.5 Å². The summed E-state index contributed by atoms with van der Waals surface area (Å²) in [6.07, 6.45) is 5.41. The van der Waals surface area contributed by atoms with Gasteiger partial charge in [-0.25, -0.2) is 0 Å². The molecule has 17 heavy (non-hydrogen) atoms. The first kappa shape index (κ1) is 14.5. The molecule has 1 amide bonds. The van der Waals surface area contributed by atoms with Crippen molar-refractivity contribution < 1.29 is 9.53 Å². The minimum atomic E-state index is 0.0870. The third-order valence-corrected chi connectivity index (χ3v) is 3.21. The molecular formula is C13H26N2O2. The van der Waals surface area contributed by atoms with E-state index in [-0.39, 0.29) is 11.9 Å². The number of carbonyl (C=O) groups excluding carboxylic acids is 1. The summed E-state index contributed by atoms with van der Waals surface area (Å²) < 4.78 is 5.74. The number of nitrogens with one attached hydrogen (secondary N) is 2. The standard InChI is InChI=1S/C13H26N2O2/c1-10(2)15-13(16)8-9-17-12-6-4-11(14-3)5-7-12/h10-12,14H,4-9H2,1-3H3,(H,15,16). The molecule has 0 spiro atoms. The smallest absolute Gasteiger partial charge is 0.222 e. The van der Waals surface area contributed by atoms with Crippen molar-refractivity contribution in [3.8, 4) is 0 Å². The molecular weight excluding hydrogens is 216 g/mol. The second kappa shape index (κ2) is 7.67. The lowest BCUT2D eigenvalue weighted by Crippen LogP contribution is -2.34. The highest BCUT2D eigenvalue weighted by molar-refractivity contribution is 5.76. The molecule has 1 saturated carbocycles. The molecule has 1 aliphatic rings. The van der Waals surface area contributed by atoms with Crippen LogP contribution in [0.25, 0.3) is 0 Å². The van der Waals surface area contributed by atoms with Gasteiger partial charge in [-0.1, -0.05) is 0 Å². The van der Waals surface area contributed by atoms with Gasteiger partial charge in [-0.2, -0.15) is 0 Å². The summed E-state index contributed by atoms with van der Waals surface area (Å²) in [5.41, 5.74) is 0. The predicted molar refractivity (Wildman–Crippen MR) is 69.0 cm³/mol. The van der Waals surface area contributed by atoms with Crippen molar-refractivity contribution in [3.05, 3.63) is 0 Å². The number of carbonyl (C=O) groups is 1. The highest BCUT2D eigenvalue weighted by Crippen LogP contribution is 2.20. The topological polar surface area (TPSA) is 50.4 Å². The lowest BCUT2D eigenvalue weighted by atomic mass is 9.93. The van der Waals surface area contributed by atoms with Crippen LogP contribution in [0.15, 0.2) is 0 Å². The highest BCUT2D eigenvalue weighted by Gasteiger charge is 2.20. The van der Waals surface area contributed by atoms with Crippen molar-refractivity contribution in [2.45, 2.75) is 64.1 Å². The maximum atomic E-state index is 11.4. The van der Waals surface area contributed by atoms with Crippen LogP contribution in [-0.2, 0) is 9.53 Å². The Morgan fingerprint density at radius 2 is 1.94 bits per heavy atom. The van der Waals surface area contributed by atoms with Gasteiger partial charge < -0.3 is 15.4 Å². The molecule has 0 atom stereocenters. The summed E-state index contributed by atoms with van der Waals surface area (Å²) in [4.78, 5) is 11.4. The van der Waals surface area contributed by atoms with Crippen LogP contribution in [0.2, 0.25) is 0 Å². The summed E-state index contributed by atoms with van der Waals surface area (Å²) >= 11 is 0. The average molecular weight is 242 g/mol. The molecule has 1 rings (SSSR count). The van der Waals surface area contributed by atoms with Crippen LogP contribution in [0, 0.1) is 0 Å². The van der Waals surface area contributed by atoms with E-state index in [1.54, 1.807) is 0 Å². The summed E-state index contributed by atoms with van der Waals surface area (Å²) in [7, 11) is 2.02. The van der Waals surface area contributed by atoms with Crippen LogP contribution in [0.5, 0.6) is 0 Å². The molecule has 0 bridgehead atoms. The fourth-order valence-electron chi connectivity index (χ4n) is 2.23. The summed E-state index contributed by atoms with van der Waals surface area (Å²) in [5.74, 6) is 0.0870. The van der Waals surface area contributed by atoms with Gasteiger partial charge in [0.1, 0.15) is 0 Å². The van der Waals surface area contributed by atoms with E-state index in [1.807, 2.05) is 20.9 Å². The SMILES string of the molecule is CNC1CCC(OCCC(=O)NC(C)C)CC1. The number of amides is 1. The summed E-state index contributed by atoms with van der Waals surface area (Å²) in [5, 5.41) is 6.17. The molecule has 0 aliphatic heterocycles. The van der Waals surface area contributed by atoms with Gasteiger partial charge >= 0.3 is 0 Å². The maximum absolute atomic E-state index is 11.4. The molecule has 0 aromatic carbocycles.